The quantitative estimate of drug-likeness (QED) is 0.544. The molecule has 0 spiro atoms. The molecular weight excluding hydrogens is 202 g/mol. The maximum atomic E-state index is 6.00. The Balaban J connectivity index is 2.59. The van der Waals surface area contributed by atoms with Crippen LogP contribution in [-0.2, 0) is 0 Å². The minimum Gasteiger partial charge on any atom is -0.398 e. The number of thiol groups is 1. The highest BCUT2D eigenvalue weighted by Crippen LogP contribution is 2.34. The lowest BCUT2D eigenvalue weighted by Gasteiger charge is -2.16. The Morgan fingerprint density at radius 1 is 1.33 bits per heavy atom. The third-order valence-corrected chi connectivity index (χ3v) is 3.15. The van der Waals surface area contributed by atoms with Crippen molar-refractivity contribution in [3.05, 3.63) is 41.5 Å². The highest BCUT2D eigenvalue weighted by atomic mass is 32.1. The molecule has 1 nitrogen and oxygen atoms in total. The van der Waals surface area contributed by atoms with Crippen molar-refractivity contribution in [1.82, 2.24) is 0 Å². The summed E-state index contributed by atoms with van der Waals surface area (Å²) in [5, 5.41) is 0. The molecule has 1 aromatic rings. The minimum atomic E-state index is 0.809. The molecule has 0 saturated carbocycles. The summed E-state index contributed by atoms with van der Waals surface area (Å²) in [6.45, 7) is 2.17. The number of benzene rings is 1. The number of allylic oxidation sites excluding steroid dienone is 4. The van der Waals surface area contributed by atoms with Gasteiger partial charge in [0.2, 0.25) is 0 Å². The fraction of sp³-hybridized carbons (Fsp3) is 0.231. The monoisotopic (exact) mass is 217 g/mol. The van der Waals surface area contributed by atoms with Gasteiger partial charge in [-0.1, -0.05) is 23.8 Å². The molecule has 0 aromatic heterocycles. The minimum absolute atomic E-state index is 0.809. The predicted octanol–water partition coefficient (Wildman–Crippen LogP) is 3.68. The van der Waals surface area contributed by atoms with Crippen LogP contribution in [0.3, 0.4) is 0 Å². The SMILES string of the molecule is CC1=C(c2c(N)cccc2S)C=CCC1. The Labute approximate surface area is 96.1 Å². The van der Waals surface area contributed by atoms with E-state index in [4.69, 9.17) is 5.73 Å². The molecule has 0 fully saturated rings. The molecule has 0 atom stereocenters. The van der Waals surface area contributed by atoms with Crippen LogP contribution < -0.4 is 5.73 Å². The third kappa shape index (κ3) is 1.95. The first-order valence-corrected chi connectivity index (χ1v) is 5.59. The molecule has 2 heteroatoms. The number of nitrogen functional groups attached to an aromatic ring is 1. The summed E-state index contributed by atoms with van der Waals surface area (Å²) in [5.74, 6) is 0. The number of rotatable bonds is 1. The van der Waals surface area contributed by atoms with Crippen molar-refractivity contribution in [3.63, 3.8) is 0 Å². The summed E-state index contributed by atoms with van der Waals surface area (Å²) in [4.78, 5) is 0.955. The summed E-state index contributed by atoms with van der Waals surface area (Å²) in [7, 11) is 0. The van der Waals surface area contributed by atoms with E-state index < -0.39 is 0 Å². The molecule has 1 aliphatic carbocycles. The summed E-state index contributed by atoms with van der Waals surface area (Å²) in [5.41, 5.74) is 10.5. The maximum absolute atomic E-state index is 6.00. The summed E-state index contributed by atoms with van der Waals surface area (Å²) in [6.07, 6.45) is 6.60. The van der Waals surface area contributed by atoms with Crippen molar-refractivity contribution < 1.29 is 0 Å². The summed E-state index contributed by atoms with van der Waals surface area (Å²) < 4.78 is 0. The van der Waals surface area contributed by atoms with Crippen molar-refractivity contribution in [2.75, 3.05) is 5.73 Å². The molecule has 1 aliphatic rings. The van der Waals surface area contributed by atoms with Crippen molar-refractivity contribution in [2.24, 2.45) is 0 Å². The van der Waals surface area contributed by atoms with Gasteiger partial charge in [-0.05, 0) is 37.5 Å². The lowest BCUT2D eigenvalue weighted by atomic mass is 9.92. The molecule has 0 saturated heterocycles. The van der Waals surface area contributed by atoms with Crippen LogP contribution in [-0.4, -0.2) is 0 Å². The molecule has 0 bridgehead atoms. The Morgan fingerprint density at radius 2 is 2.13 bits per heavy atom. The highest BCUT2D eigenvalue weighted by molar-refractivity contribution is 7.80. The smallest absolute Gasteiger partial charge is 0.0404 e. The Bertz CT molecular complexity index is 424. The Morgan fingerprint density at radius 3 is 2.80 bits per heavy atom. The standard InChI is InChI=1S/C13H15NS/c1-9-5-2-3-6-10(9)13-11(14)7-4-8-12(13)15/h3-4,6-8,15H,2,5,14H2,1H3. The first-order valence-electron chi connectivity index (χ1n) is 5.14. The number of nitrogens with two attached hydrogens (primary N) is 1. The van der Waals surface area contributed by atoms with Crippen LogP contribution in [0.15, 0.2) is 40.8 Å². The van der Waals surface area contributed by atoms with E-state index in [1.54, 1.807) is 0 Å². The second-order valence-corrected chi connectivity index (χ2v) is 4.36. The maximum Gasteiger partial charge on any atom is 0.0404 e. The predicted molar refractivity (Wildman–Crippen MR) is 69.1 cm³/mol. The van der Waals surface area contributed by atoms with Crippen molar-refractivity contribution >= 4 is 23.9 Å². The van der Waals surface area contributed by atoms with E-state index in [-0.39, 0.29) is 0 Å². The van der Waals surface area contributed by atoms with Gasteiger partial charge in [-0.2, -0.15) is 0 Å². The zero-order valence-corrected chi connectivity index (χ0v) is 9.72. The van der Waals surface area contributed by atoms with Crippen LogP contribution in [0.1, 0.15) is 25.3 Å². The van der Waals surface area contributed by atoms with Crippen LogP contribution >= 0.6 is 12.6 Å². The molecule has 78 valence electrons. The Hall–Kier alpha value is -1.15. The third-order valence-electron chi connectivity index (χ3n) is 2.77. The topological polar surface area (TPSA) is 26.0 Å². The van der Waals surface area contributed by atoms with E-state index in [2.05, 4.69) is 31.7 Å². The molecule has 0 heterocycles. The highest BCUT2D eigenvalue weighted by Gasteiger charge is 2.11. The van der Waals surface area contributed by atoms with Crippen molar-refractivity contribution in [1.29, 1.82) is 0 Å². The summed E-state index contributed by atoms with van der Waals surface area (Å²) >= 11 is 4.47. The van der Waals surface area contributed by atoms with Gasteiger partial charge in [0.05, 0.1) is 0 Å². The zero-order chi connectivity index (χ0) is 10.8. The first kappa shape index (κ1) is 10.4. The molecule has 1 aromatic carbocycles. The van der Waals surface area contributed by atoms with Crippen LogP contribution in [0, 0.1) is 0 Å². The van der Waals surface area contributed by atoms with E-state index in [0.29, 0.717) is 0 Å². The summed E-state index contributed by atoms with van der Waals surface area (Å²) in [6, 6.07) is 5.85. The van der Waals surface area contributed by atoms with E-state index in [1.807, 2.05) is 18.2 Å². The van der Waals surface area contributed by atoms with Gasteiger partial charge in [0.25, 0.3) is 0 Å². The zero-order valence-electron chi connectivity index (χ0n) is 8.83. The molecule has 2 rings (SSSR count). The Kier molecular flexibility index (Phi) is 2.87. The molecular formula is C13H15NS. The van der Waals surface area contributed by atoms with E-state index in [9.17, 15) is 0 Å². The van der Waals surface area contributed by atoms with Crippen LogP contribution in [0.2, 0.25) is 0 Å². The van der Waals surface area contributed by atoms with Gasteiger partial charge in [0.1, 0.15) is 0 Å². The van der Waals surface area contributed by atoms with Gasteiger partial charge in [-0.3, -0.25) is 0 Å². The second kappa shape index (κ2) is 4.15. The molecule has 0 radical (unpaired) electrons. The van der Waals surface area contributed by atoms with Crippen molar-refractivity contribution in [3.8, 4) is 0 Å². The second-order valence-electron chi connectivity index (χ2n) is 3.88. The number of hydrogen-bond donors (Lipinski definition) is 2. The number of anilines is 1. The average Bonchev–Trinajstić information content (AvgIpc) is 2.20. The lowest BCUT2D eigenvalue weighted by Crippen LogP contribution is -1.98. The molecule has 0 aliphatic heterocycles. The van der Waals surface area contributed by atoms with Crippen molar-refractivity contribution in [2.45, 2.75) is 24.7 Å². The van der Waals surface area contributed by atoms with E-state index >= 15 is 0 Å². The normalized spacial score (nSPS) is 15.9. The van der Waals surface area contributed by atoms with E-state index in [0.717, 1.165) is 29.0 Å². The van der Waals surface area contributed by atoms with Gasteiger partial charge in [-0.25, -0.2) is 0 Å². The average molecular weight is 217 g/mol. The molecule has 0 unspecified atom stereocenters. The molecule has 0 amide bonds. The lowest BCUT2D eigenvalue weighted by molar-refractivity contribution is 0.966. The molecule has 15 heavy (non-hydrogen) atoms. The van der Waals surface area contributed by atoms with Crippen LogP contribution in [0.4, 0.5) is 5.69 Å². The van der Waals surface area contributed by atoms with Gasteiger partial charge in [0, 0.05) is 16.1 Å². The van der Waals surface area contributed by atoms with E-state index in [1.165, 1.54) is 11.1 Å². The fourth-order valence-electron chi connectivity index (χ4n) is 1.93. The van der Waals surface area contributed by atoms with Gasteiger partial charge < -0.3 is 5.73 Å². The van der Waals surface area contributed by atoms with Gasteiger partial charge in [-0.15, -0.1) is 12.6 Å². The number of hydrogen-bond acceptors (Lipinski definition) is 2. The fourth-order valence-corrected chi connectivity index (χ4v) is 2.26. The van der Waals surface area contributed by atoms with Crippen LogP contribution in [0.25, 0.3) is 5.57 Å². The van der Waals surface area contributed by atoms with Crippen LogP contribution in [0.5, 0.6) is 0 Å². The molecule has 2 N–H and O–H groups in total. The van der Waals surface area contributed by atoms with Gasteiger partial charge in [0.15, 0.2) is 0 Å². The first-order chi connectivity index (χ1) is 7.20. The largest absolute Gasteiger partial charge is 0.398 e. The van der Waals surface area contributed by atoms with Gasteiger partial charge >= 0.3 is 0 Å².